The van der Waals surface area contributed by atoms with Crippen molar-refractivity contribution in [3.63, 3.8) is 0 Å². The van der Waals surface area contributed by atoms with Crippen LogP contribution >= 0.6 is 0 Å². The number of nitrogens with zero attached hydrogens (tertiary/aromatic N) is 3. The van der Waals surface area contributed by atoms with E-state index in [0.717, 1.165) is 5.56 Å². The number of amides is 1. The molecule has 1 atom stereocenters. The number of aryl methyl sites for hydroxylation is 1. The Hall–Kier alpha value is -2.54. The summed E-state index contributed by atoms with van der Waals surface area (Å²) in [5.41, 5.74) is 1.61. The lowest BCUT2D eigenvalue weighted by molar-refractivity contribution is 0.0941. The maximum absolute atomic E-state index is 12.4. The minimum atomic E-state index is -0.140. The quantitative estimate of drug-likeness (QED) is 0.897. The van der Waals surface area contributed by atoms with E-state index in [1.807, 2.05) is 33.5 Å². The number of hydrogen-bond donors (Lipinski definition) is 1. The largest absolute Gasteiger partial charge is 0.454 e. The fraction of sp³-hybridized carbons (Fsp3) is 0.375. The maximum atomic E-state index is 12.4. The molecule has 1 aliphatic rings. The second-order valence-corrected chi connectivity index (χ2v) is 5.70. The van der Waals surface area contributed by atoms with E-state index in [0.29, 0.717) is 23.6 Å². The number of aromatic nitrogens is 2. The molecule has 0 spiro atoms. The van der Waals surface area contributed by atoms with Crippen molar-refractivity contribution in [2.24, 2.45) is 7.05 Å². The van der Waals surface area contributed by atoms with Crippen molar-refractivity contribution in [1.29, 1.82) is 0 Å². The molecule has 0 aliphatic carbocycles. The smallest absolute Gasteiger partial charge is 0.251 e. The lowest BCUT2D eigenvalue weighted by Crippen LogP contribution is -2.34. The predicted molar refractivity (Wildman–Crippen MR) is 84.5 cm³/mol. The zero-order valence-corrected chi connectivity index (χ0v) is 13.4. The molecule has 2 heterocycles. The molecule has 0 saturated carbocycles. The summed E-state index contributed by atoms with van der Waals surface area (Å²) in [6.45, 7) is 0.691. The van der Waals surface area contributed by atoms with E-state index in [1.54, 1.807) is 22.9 Å². The van der Waals surface area contributed by atoms with Crippen LogP contribution in [0.4, 0.5) is 0 Å². The Bertz CT molecular complexity index is 711. The van der Waals surface area contributed by atoms with Crippen LogP contribution in [-0.4, -0.2) is 48.0 Å². The third-order valence-electron chi connectivity index (χ3n) is 3.82. The number of ether oxygens (including phenoxy) is 2. The predicted octanol–water partition coefficient (Wildman–Crippen LogP) is 1.18. The molecule has 1 aromatic heterocycles. The van der Waals surface area contributed by atoms with Gasteiger partial charge in [-0.25, -0.2) is 0 Å². The summed E-state index contributed by atoms with van der Waals surface area (Å²) in [6.07, 6.45) is 3.77. The van der Waals surface area contributed by atoms with Crippen LogP contribution in [0.2, 0.25) is 0 Å². The summed E-state index contributed by atoms with van der Waals surface area (Å²) in [5, 5.41) is 7.16. The summed E-state index contributed by atoms with van der Waals surface area (Å²) in [5.74, 6) is 1.14. The molecular weight excluding hydrogens is 296 g/mol. The van der Waals surface area contributed by atoms with Crippen molar-refractivity contribution >= 4 is 5.91 Å². The number of carbonyl (C=O) groups is 1. The number of fused-ring (bicyclic) bond motifs is 1. The summed E-state index contributed by atoms with van der Waals surface area (Å²) in [4.78, 5) is 14.4. The zero-order chi connectivity index (χ0) is 16.4. The highest BCUT2D eigenvalue weighted by Gasteiger charge is 2.19. The standard InChI is InChI=1S/C16H20N4O3/c1-19(2)13(12-7-18-20(3)9-12)8-17-16(21)11-4-5-14-15(6-11)23-10-22-14/h4-7,9,13H,8,10H2,1-3H3,(H,17,21)/t13-/m0/s1. The van der Waals surface area contributed by atoms with Crippen molar-refractivity contribution in [3.8, 4) is 11.5 Å². The molecule has 122 valence electrons. The Balaban J connectivity index is 1.67. The van der Waals surface area contributed by atoms with Crippen LogP contribution in [0.5, 0.6) is 11.5 Å². The molecule has 7 heteroatoms. The first-order valence-corrected chi connectivity index (χ1v) is 7.37. The molecule has 23 heavy (non-hydrogen) atoms. The van der Waals surface area contributed by atoms with Gasteiger partial charge in [-0.05, 0) is 32.3 Å². The Labute approximate surface area is 134 Å². The van der Waals surface area contributed by atoms with E-state index in [2.05, 4.69) is 15.3 Å². The van der Waals surface area contributed by atoms with Crippen molar-refractivity contribution in [1.82, 2.24) is 20.0 Å². The van der Waals surface area contributed by atoms with Crippen LogP contribution in [0.1, 0.15) is 22.0 Å². The van der Waals surface area contributed by atoms with Gasteiger partial charge in [0.25, 0.3) is 5.91 Å². The van der Waals surface area contributed by atoms with Crippen LogP contribution < -0.4 is 14.8 Å². The molecule has 0 unspecified atom stereocenters. The Morgan fingerprint density at radius 2 is 2.17 bits per heavy atom. The van der Waals surface area contributed by atoms with E-state index in [9.17, 15) is 4.79 Å². The maximum Gasteiger partial charge on any atom is 0.251 e. The SMILES string of the molecule is CN(C)[C@@H](CNC(=O)c1ccc2c(c1)OCO2)c1cnn(C)c1. The van der Waals surface area contributed by atoms with Gasteiger partial charge in [0.15, 0.2) is 11.5 Å². The first-order valence-electron chi connectivity index (χ1n) is 7.37. The van der Waals surface area contributed by atoms with Gasteiger partial charge in [0.05, 0.1) is 12.2 Å². The summed E-state index contributed by atoms with van der Waals surface area (Å²) in [7, 11) is 5.83. The molecule has 1 aromatic carbocycles. The van der Waals surface area contributed by atoms with Gasteiger partial charge >= 0.3 is 0 Å². The molecule has 0 radical (unpaired) electrons. The molecule has 1 aliphatic heterocycles. The van der Waals surface area contributed by atoms with Crippen LogP contribution in [0.15, 0.2) is 30.6 Å². The second kappa shape index (κ2) is 6.29. The molecule has 2 aromatic rings. The fourth-order valence-electron chi connectivity index (χ4n) is 2.54. The Kier molecular flexibility index (Phi) is 4.20. The molecular formula is C16H20N4O3. The van der Waals surface area contributed by atoms with E-state index >= 15 is 0 Å². The van der Waals surface area contributed by atoms with Gasteiger partial charge in [0.1, 0.15) is 0 Å². The minimum absolute atomic E-state index is 0.0571. The molecule has 3 rings (SSSR count). The number of nitrogens with one attached hydrogen (secondary N) is 1. The Morgan fingerprint density at radius 1 is 1.39 bits per heavy atom. The van der Waals surface area contributed by atoms with Gasteiger partial charge < -0.3 is 19.7 Å². The number of rotatable bonds is 5. The molecule has 7 nitrogen and oxygen atoms in total. The highest BCUT2D eigenvalue weighted by molar-refractivity contribution is 5.94. The third-order valence-corrected chi connectivity index (χ3v) is 3.82. The van der Waals surface area contributed by atoms with E-state index in [-0.39, 0.29) is 18.7 Å². The Morgan fingerprint density at radius 3 is 2.87 bits per heavy atom. The monoisotopic (exact) mass is 316 g/mol. The van der Waals surface area contributed by atoms with Gasteiger partial charge in [0, 0.05) is 30.9 Å². The number of benzene rings is 1. The van der Waals surface area contributed by atoms with Crippen molar-refractivity contribution in [2.45, 2.75) is 6.04 Å². The van der Waals surface area contributed by atoms with Crippen LogP contribution in [0, 0.1) is 0 Å². The van der Waals surface area contributed by atoms with Crippen molar-refractivity contribution in [2.75, 3.05) is 27.4 Å². The lowest BCUT2D eigenvalue weighted by atomic mass is 10.1. The highest BCUT2D eigenvalue weighted by atomic mass is 16.7. The van der Waals surface area contributed by atoms with Crippen molar-refractivity contribution < 1.29 is 14.3 Å². The second-order valence-electron chi connectivity index (χ2n) is 5.70. The molecule has 1 N–H and O–H groups in total. The first-order chi connectivity index (χ1) is 11.0. The zero-order valence-electron chi connectivity index (χ0n) is 13.4. The van der Waals surface area contributed by atoms with Crippen LogP contribution in [-0.2, 0) is 7.05 Å². The van der Waals surface area contributed by atoms with Crippen LogP contribution in [0.25, 0.3) is 0 Å². The molecule has 0 fully saturated rings. The van der Waals surface area contributed by atoms with E-state index < -0.39 is 0 Å². The van der Waals surface area contributed by atoms with Gasteiger partial charge in [-0.15, -0.1) is 0 Å². The molecule has 0 saturated heterocycles. The fourth-order valence-corrected chi connectivity index (χ4v) is 2.54. The van der Waals surface area contributed by atoms with Gasteiger partial charge in [-0.3, -0.25) is 9.48 Å². The number of hydrogen-bond acceptors (Lipinski definition) is 5. The normalized spacial score (nSPS) is 14.1. The topological polar surface area (TPSA) is 68.6 Å². The van der Waals surface area contributed by atoms with Gasteiger partial charge in [-0.2, -0.15) is 5.10 Å². The molecule has 1 amide bonds. The van der Waals surface area contributed by atoms with E-state index in [4.69, 9.17) is 9.47 Å². The highest BCUT2D eigenvalue weighted by Crippen LogP contribution is 2.32. The van der Waals surface area contributed by atoms with E-state index in [1.165, 1.54) is 0 Å². The van der Waals surface area contributed by atoms with Gasteiger partial charge in [0.2, 0.25) is 6.79 Å². The average molecular weight is 316 g/mol. The third kappa shape index (κ3) is 3.29. The number of likely N-dealkylation sites (N-methyl/N-ethyl adjacent to an activating group) is 1. The summed E-state index contributed by atoms with van der Waals surface area (Å²) in [6, 6.07) is 5.24. The lowest BCUT2D eigenvalue weighted by Gasteiger charge is -2.23. The summed E-state index contributed by atoms with van der Waals surface area (Å²) >= 11 is 0. The minimum Gasteiger partial charge on any atom is -0.454 e. The van der Waals surface area contributed by atoms with Gasteiger partial charge in [-0.1, -0.05) is 0 Å². The average Bonchev–Trinajstić information content (AvgIpc) is 3.15. The number of carbonyl (C=O) groups excluding carboxylic acids is 1. The van der Waals surface area contributed by atoms with Crippen LogP contribution in [0.3, 0.4) is 0 Å². The molecule has 0 bridgehead atoms. The van der Waals surface area contributed by atoms with Crippen molar-refractivity contribution in [3.05, 3.63) is 41.7 Å². The first kappa shape index (κ1) is 15.4. The summed E-state index contributed by atoms with van der Waals surface area (Å²) < 4.78 is 12.3.